The van der Waals surface area contributed by atoms with Gasteiger partial charge < -0.3 is 5.73 Å². The maximum atomic E-state index is 8.90. The minimum Gasteiger partial charge on any atom is -0.398 e. The van der Waals surface area contributed by atoms with E-state index in [0.717, 1.165) is 0 Å². The Morgan fingerprint density at radius 1 is 1.36 bits per heavy atom. The Morgan fingerprint density at radius 2 is 2.21 bits per heavy atom. The van der Waals surface area contributed by atoms with Gasteiger partial charge in [-0.25, -0.2) is 0 Å². The number of aromatic nitrogens is 2. The first-order valence-corrected chi connectivity index (χ1v) is 4.11. The van der Waals surface area contributed by atoms with Crippen LogP contribution in [0.4, 0.5) is 5.69 Å². The molecule has 0 aliphatic rings. The molecule has 4 heteroatoms. The summed E-state index contributed by atoms with van der Waals surface area (Å²) in [6, 6.07) is 9.11. The summed E-state index contributed by atoms with van der Waals surface area (Å²) in [6.45, 7) is 0. The summed E-state index contributed by atoms with van der Waals surface area (Å²) in [6.07, 6.45) is 1.70. The first-order chi connectivity index (χ1) is 6.83. The van der Waals surface area contributed by atoms with Crippen LogP contribution in [0.25, 0.3) is 11.3 Å². The molecule has 2 aromatic rings. The van der Waals surface area contributed by atoms with E-state index in [-0.39, 0.29) is 0 Å². The second-order valence-electron chi connectivity index (χ2n) is 2.84. The van der Waals surface area contributed by atoms with Crippen LogP contribution in [-0.2, 0) is 0 Å². The Balaban J connectivity index is 2.69. The highest BCUT2D eigenvalue weighted by Gasteiger charge is 2.09. The third kappa shape index (κ3) is 1.21. The Hall–Kier alpha value is -2.28. The van der Waals surface area contributed by atoms with Crippen molar-refractivity contribution in [3.05, 3.63) is 36.0 Å². The van der Waals surface area contributed by atoms with Gasteiger partial charge in [0, 0.05) is 17.4 Å². The normalized spacial score (nSPS) is 9.64. The Labute approximate surface area is 81.0 Å². The molecule has 0 fully saturated rings. The quantitative estimate of drug-likeness (QED) is 0.659. The van der Waals surface area contributed by atoms with Gasteiger partial charge in [0.2, 0.25) is 0 Å². The van der Waals surface area contributed by atoms with Gasteiger partial charge in [-0.3, -0.25) is 5.10 Å². The van der Waals surface area contributed by atoms with Gasteiger partial charge in [0.1, 0.15) is 0 Å². The van der Waals surface area contributed by atoms with Gasteiger partial charge in [0.25, 0.3) is 0 Å². The molecule has 1 heterocycles. The molecule has 68 valence electrons. The van der Waals surface area contributed by atoms with E-state index in [1.165, 1.54) is 0 Å². The van der Waals surface area contributed by atoms with Gasteiger partial charge in [0.05, 0.1) is 17.3 Å². The zero-order valence-corrected chi connectivity index (χ0v) is 7.36. The summed E-state index contributed by atoms with van der Waals surface area (Å²) in [4.78, 5) is 0. The number of nitrogens with zero attached hydrogens (tertiary/aromatic N) is 2. The van der Waals surface area contributed by atoms with Crippen molar-refractivity contribution in [1.82, 2.24) is 10.2 Å². The first kappa shape index (κ1) is 8.32. The number of nitrogens with one attached hydrogen (secondary N) is 1. The van der Waals surface area contributed by atoms with Crippen molar-refractivity contribution in [2.75, 3.05) is 5.73 Å². The number of anilines is 1. The first-order valence-electron chi connectivity index (χ1n) is 4.11. The van der Waals surface area contributed by atoms with E-state index in [0.29, 0.717) is 22.5 Å². The summed E-state index contributed by atoms with van der Waals surface area (Å²) in [5.41, 5.74) is 8.27. The maximum absolute atomic E-state index is 8.90. The fourth-order valence-electron chi connectivity index (χ4n) is 1.35. The number of hydrogen-bond acceptors (Lipinski definition) is 3. The molecule has 0 atom stereocenters. The molecule has 1 aromatic carbocycles. The van der Waals surface area contributed by atoms with Crippen LogP contribution in [-0.4, -0.2) is 10.2 Å². The molecule has 4 nitrogen and oxygen atoms in total. The van der Waals surface area contributed by atoms with Crippen molar-refractivity contribution in [3.8, 4) is 17.3 Å². The molecule has 3 N–H and O–H groups in total. The zero-order valence-electron chi connectivity index (χ0n) is 7.36. The topological polar surface area (TPSA) is 78.5 Å². The number of hydrogen-bond donors (Lipinski definition) is 2. The third-order valence-electron chi connectivity index (χ3n) is 1.97. The molecule has 0 spiro atoms. The zero-order chi connectivity index (χ0) is 9.97. The van der Waals surface area contributed by atoms with Crippen molar-refractivity contribution >= 4 is 5.69 Å². The lowest BCUT2D eigenvalue weighted by Crippen LogP contribution is -1.93. The second kappa shape index (κ2) is 3.23. The number of benzene rings is 1. The van der Waals surface area contributed by atoms with Crippen LogP contribution >= 0.6 is 0 Å². The summed E-state index contributed by atoms with van der Waals surface area (Å²) in [5, 5.41) is 15.6. The van der Waals surface area contributed by atoms with E-state index in [1.54, 1.807) is 30.5 Å². The summed E-state index contributed by atoms with van der Waals surface area (Å²) in [5.74, 6) is 0. The average Bonchev–Trinajstić information content (AvgIpc) is 2.70. The molecule has 0 amide bonds. The summed E-state index contributed by atoms with van der Waals surface area (Å²) < 4.78 is 0. The minimum absolute atomic E-state index is 0.539. The van der Waals surface area contributed by atoms with E-state index in [1.807, 2.05) is 0 Å². The SMILES string of the molecule is N#Cc1cccc(N)c1-c1cc[nH]n1. The Kier molecular flexibility index (Phi) is 1.92. The van der Waals surface area contributed by atoms with Crippen LogP contribution in [0.1, 0.15) is 5.56 Å². The smallest absolute Gasteiger partial charge is 0.0999 e. The third-order valence-corrected chi connectivity index (χ3v) is 1.97. The van der Waals surface area contributed by atoms with Gasteiger partial charge in [-0.1, -0.05) is 6.07 Å². The van der Waals surface area contributed by atoms with Gasteiger partial charge in [-0.05, 0) is 18.2 Å². The Bertz CT molecular complexity index is 479. The monoisotopic (exact) mass is 184 g/mol. The van der Waals surface area contributed by atoms with Gasteiger partial charge in [-0.15, -0.1) is 0 Å². The lowest BCUT2D eigenvalue weighted by Gasteiger charge is -2.03. The van der Waals surface area contributed by atoms with Crippen molar-refractivity contribution in [3.63, 3.8) is 0 Å². The molecule has 2 rings (SSSR count). The minimum atomic E-state index is 0.539. The number of rotatable bonds is 1. The standard InChI is InChI=1S/C10H8N4/c11-6-7-2-1-3-8(12)10(7)9-4-5-13-14-9/h1-5H,12H2,(H,13,14). The molecular formula is C10H8N4. The van der Waals surface area contributed by atoms with Gasteiger partial charge in [-0.2, -0.15) is 10.4 Å². The number of nitrogens with two attached hydrogens (primary N) is 1. The van der Waals surface area contributed by atoms with E-state index in [4.69, 9.17) is 11.0 Å². The molecule has 14 heavy (non-hydrogen) atoms. The van der Waals surface area contributed by atoms with Crippen LogP contribution in [0.2, 0.25) is 0 Å². The fraction of sp³-hybridized carbons (Fsp3) is 0. The highest BCUT2D eigenvalue weighted by Crippen LogP contribution is 2.27. The number of nitriles is 1. The van der Waals surface area contributed by atoms with Gasteiger partial charge in [0.15, 0.2) is 0 Å². The molecule has 0 unspecified atom stereocenters. The number of nitrogen functional groups attached to an aromatic ring is 1. The van der Waals surface area contributed by atoms with Crippen LogP contribution in [0.5, 0.6) is 0 Å². The predicted octanol–water partition coefficient (Wildman–Crippen LogP) is 1.53. The van der Waals surface area contributed by atoms with E-state index >= 15 is 0 Å². The van der Waals surface area contributed by atoms with Crippen LogP contribution in [0, 0.1) is 11.3 Å². The molecule has 0 aliphatic heterocycles. The Morgan fingerprint density at radius 3 is 2.86 bits per heavy atom. The van der Waals surface area contributed by atoms with Crippen molar-refractivity contribution < 1.29 is 0 Å². The molecule has 0 radical (unpaired) electrons. The van der Waals surface area contributed by atoms with Crippen LogP contribution in [0.3, 0.4) is 0 Å². The van der Waals surface area contributed by atoms with Crippen molar-refractivity contribution in [1.29, 1.82) is 5.26 Å². The second-order valence-corrected chi connectivity index (χ2v) is 2.84. The predicted molar refractivity (Wildman–Crippen MR) is 53.2 cm³/mol. The lowest BCUT2D eigenvalue weighted by molar-refractivity contribution is 1.09. The van der Waals surface area contributed by atoms with Crippen LogP contribution < -0.4 is 5.73 Å². The largest absolute Gasteiger partial charge is 0.398 e. The van der Waals surface area contributed by atoms with Crippen molar-refractivity contribution in [2.24, 2.45) is 0 Å². The highest BCUT2D eigenvalue weighted by atomic mass is 15.1. The molecule has 0 saturated heterocycles. The maximum Gasteiger partial charge on any atom is 0.0999 e. The van der Waals surface area contributed by atoms with E-state index in [2.05, 4.69) is 16.3 Å². The summed E-state index contributed by atoms with van der Waals surface area (Å²) in [7, 11) is 0. The van der Waals surface area contributed by atoms with E-state index < -0.39 is 0 Å². The van der Waals surface area contributed by atoms with Crippen LogP contribution in [0.15, 0.2) is 30.5 Å². The molecule has 0 aliphatic carbocycles. The lowest BCUT2D eigenvalue weighted by atomic mass is 10.0. The molecule has 1 aromatic heterocycles. The van der Waals surface area contributed by atoms with E-state index in [9.17, 15) is 0 Å². The molecular weight excluding hydrogens is 176 g/mol. The highest BCUT2D eigenvalue weighted by molar-refractivity contribution is 5.79. The molecule has 0 saturated carbocycles. The van der Waals surface area contributed by atoms with Crippen molar-refractivity contribution in [2.45, 2.75) is 0 Å². The van der Waals surface area contributed by atoms with Gasteiger partial charge >= 0.3 is 0 Å². The molecule has 0 bridgehead atoms. The number of H-pyrrole nitrogens is 1. The average molecular weight is 184 g/mol. The summed E-state index contributed by atoms with van der Waals surface area (Å²) >= 11 is 0. The number of aromatic amines is 1. The fourth-order valence-corrected chi connectivity index (χ4v) is 1.35.